The summed E-state index contributed by atoms with van der Waals surface area (Å²) >= 11 is 0. The summed E-state index contributed by atoms with van der Waals surface area (Å²) in [4.78, 5) is 4.97. The van der Waals surface area contributed by atoms with Crippen molar-refractivity contribution in [3.8, 4) is 28.5 Å². The molecule has 154 valence electrons. The van der Waals surface area contributed by atoms with Crippen LogP contribution in [0.1, 0.15) is 43.2 Å². The van der Waals surface area contributed by atoms with E-state index in [2.05, 4.69) is 54.1 Å². The monoisotopic (exact) mass is 405 g/mol. The molecule has 2 aromatic heterocycles. The average Bonchev–Trinajstić information content (AvgIpc) is 3.22. The maximum absolute atomic E-state index is 9.22. The minimum absolute atomic E-state index is 0.677. The van der Waals surface area contributed by atoms with Crippen LogP contribution in [0.4, 0.5) is 0 Å². The van der Waals surface area contributed by atoms with Gasteiger partial charge in [0.1, 0.15) is 0 Å². The highest BCUT2D eigenvalue weighted by Gasteiger charge is 2.18. The standard InChI is InChI=1S/C28H27N3/c1-20-7-11-24(12-8-20)28-27(23-13-9-21(17-29)10-14-23)25-15-16-31(26(25)18-30-28)19-22-5-3-2-4-6-22/h7-16,18,22H,2-6,19H2,1H3. The maximum atomic E-state index is 9.22. The van der Waals surface area contributed by atoms with E-state index in [0.717, 1.165) is 34.8 Å². The van der Waals surface area contributed by atoms with Crippen molar-refractivity contribution in [1.29, 1.82) is 5.26 Å². The Balaban J connectivity index is 1.65. The van der Waals surface area contributed by atoms with Crippen LogP contribution in [0.25, 0.3) is 33.3 Å². The predicted molar refractivity (Wildman–Crippen MR) is 127 cm³/mol. The molecule has 1 aliphatic rings. The fourth-order valence-corrected chi connectivity index (χ4v) is 4.90. The van der Waals surface area contributed by atoms with Crippen LogP contribution in [0, 0.1) is 24.2 Å². The van der Waals surface area contributed by atoms with E-state index in [1.165, 1.54) is 48.6 Å². The molecular weight excluding hydrogens is 378 g/mol. The van der Waals surface area contributed by atoms with Crippen molar-refractivity contribution in [1.82, 2.24) is 9.55 Å². The number of hydrogen-bond acceptors (Lipinski definition) is 2. The molecule has 1 aliphatic carbocycles. The van der Waals surface area contributed by atoms with Gasteiger partial charge in [0.05, 0.1) is 29.0 Å². The van der Waals surface area contributed by atoms with E-state index in [9.17, 15) is 5.26 Å². The van der Waals surface area contributed by atoms with Gasteiger partial charge in [0.25, 0.3) is 0 Å². The molecule has 3 nitrogen and oxygen atoms in total. The largest absolute Gasteiger partial charge is 0.346 e. The highest BCUT2D eigenvalue weighted by atomic mass is 15.0. The summed E-state index contributed by atoms with van der Waals surface area (Å²) < 4.78 is 2.39. The highest BCUT2D eigenvalue weighted by molar-refractivity contribution is 6.01. The van der Waals surface area contributed by atoms with Crippen molar-refractivity contribution in [2.75, 3.05) is 0 Å². The van der Waals surface area contributed by atoms with Crippen LogP contribution < -0.4 is 0 Å². The molecule has 2 heterocycles. The molecule has 0 N–H and O–H groups in total. The summed E-state index contributed by atoms with van der Waals surface area (Å²) in [6, 6.07) is 20.9. The Hall–Kier alpha value is -3.38. The minimum atomic E-state index is 0.677. The van der Waals surface area contributed by atoms with E-state index in [-0.39, 0.29) is 0 Å². The molecule has 31 heavy (non-hydrogen) atoms. The van der Waals surface area contributed by atoms with Crippen LogP contribution in [0.5, 0.6) is 0 Å². The van der Waals surface area contributed by atoms with E-state index in [4.69, 9.17) is 4.98 Å². The van der Waals surface area contributed by atoms with E-state index < -0.39 is 0 Å². The van der Waals surface area contributed by atoms with Crippen LogP contribution in [0.3, 0.4) is 0 Å². The van der Waals surface area contributed by atoms with Crippen LogP contribution in [0.2, 0.25) is 0 Å². The fraction of sp³-hybridized carbons (Fsp3) is 0.286. The van der Waals surface area contributed by atoms with Crippen molar-refractivity contribution >= 4 is 10.9 Å². The second-order valence-corrected chi connectivity index (χ2v) is 8.81. The first-order chi connectivity index (χ1) is 15.2. The van der Waals surface area contributed by atoms with Gasteiger partial charge in [0.2, 0.25) is 0 Å². The average molecular weight is 406 g/mol. The molecule has 2 aromatic carbocycles. The lowest BCUT2D eigenvalue weighted by Gasteiger charge is -2.22. The topological polar surface area (TPSA) is 41.6 Å². The second kappa shape index (κ2) is 8.40. The van der Waals surface area contributed by atoms with E-state index >= 15 is 0 Å². The second-order valence-electron chi connectivity index (χ2n) is 8.81. The summed E-state index contributed by atoms with van der Waals surface area (Å²) in [6.45, 7) is 3.18. The Kier molecular flexibility index (Phi) is 5.30. The van der Waals surface area contributed by atoms with Gasteiger partial charge in [-0.15, -0.1) is 0 Å². The van der Waals surface area contributed by atoms with E-state index in [1.807, 2.05) is 30.5 Å². The smallest absolute Gasteiger partial charge is 0.0991 e. The molecule has 4 aromatic rings. The molecule has 0 bridgehead atoms. The summed E-state index contributed by atoms with van der Waals surface area (Å²) in [6.07, 6.45) is 11.0. The normalized spacial score (nSPS) is 14.6. The summed E-state index contributed by atoms with van der Waals surface area (Å²) in [5, 5.41) is 10.5. The maximum Gasteiger partial charge on any atom is 0.0991 e. The molecule has 0 unspecified atom stereocenters. The molecule has 3 heteroatoms. The zero-order valence-electron chi connectivity index (χ0n) is 18.0. The Morgan fingerprint density at radius 2 is 1.65 bits per heavy atom. The van der Waals surface area contributed by atoms with Crippen LogP contribution in [-0.4, -0.2) is 9.55 Å². The van der Waals surface area contributed by atoms with Gasteiger partial charge >= 0.3 is 0 Å². The number of aromatic nitrogens is 2. The molecule has 0 radical (unpaired) electrons. The third kappa shape index (κ3) is 3.86. The first-order valence-corrected chi connectivity index (χ1v) is 11.3. The molecule has 0 saturated heterocycles. The number of nitrogens with zero attached hydrogens (tertiary/aromatic N) is 3. The molecule has 0 amide bonds. The Bertz CT molecular complexity index is 1230. The van der Waals surface area contributed by atoms with Crippen LogP contribution in [-0.2, 0) is 6.54 Å². The van der Waals surface area contributed by atoms with Gasteiger partial charge in [-0.1, -0.05) is 61.2 Å². The number of benzene rings is 2. The van der Waals surface area contributed by atoms with Crippen molar-refractivity contribution < 1.29 is 0 Å². The van der Waals surface area contributed by atoms with Gasteiger partial charge in [-0.3, -0.25) is 4.98 Å². The third-order valence-corrected chi connectivity index (χ3v) is 6.64. The minimum Gasteiger partial charge on any atom is -0.346 e. The molecule has 0 spiro atoms. The SMILES string of the molecule is Cc1ccc(-c2ncc3c(ccn3CC3CCCCC3)c2-c2ccc(C#N)cc2)cc1. The Labute approximate surface area is 184 Å². The van der Waals surface area contributed by atoms with Gasteiger partial charge in [-0.2, -0.15) is 5.26 Å². The number of rotatable bonds is 4. The van der Waals surface area contributed by atoms with Crippen molar-refractivity contribution in [3.05, 3.63) is 78.1 Å². The van der Waals surface area contributed by atoms with Gasteiger partial charge in [0.15, 0.2) is 0 Å². The Morgan fingerprint density at radius 1 is 0.935 bits per heavy atom. The van der Waals surface area contributed by atoms with Crippen molar-refractivity contribution in [2.45, 2.75) is 45.6 Å². The molecule has 5 rings (SSSR count). The first kappa shape index (κ1) is 19.6. The summed E-state index contributed by atoms with van der Waals surface area (Å²) in [5.74, 6) is 0.763. The molecule has 0 atom stereocenters. The number of hydrogen-bond donors (Lipinski definition) is 0. The number of pyridine rings is 1. The summed E-state index contributed by atoms with van der Waals surface area (Å²) in [5.41, 5.74) is 7.47. The zero-order valence-corrected chi connectivity index (χ0v) is 18.0. The molecular formula is C28H27N3. The predicted octanol–water partition coefficient (Wildman–Crippen LogP) is 7.13. The van der Waals surface area contributed by atoms with E-state index in [0.29, 0.717) is 5.56 Å². The van der Waals surface area contributed by atoms with Gasteiger partial charge in [-0.05, 0) is 49.4 Å². The molecule has 0 aliphatic heterocycles. The molecule has 1 saturated carbocycles. The number of fused-ring (bicyclic) bond motifs is 1. The molecule has 1 fully saturated rings. The Morgan fingerprint density at radius 3 is 2.35 bits per heavy atom. The lowest BCUT2D eigenvalue weighted by Crippen LogP contribution is -2.13. The van der Waals surface area contributed by atoms with E-state index in [1.54, 1.807) is 0 Å². The number of aryl methyl sites for hydroxylation is 1. The lowest BCUT2D eigenvalue weighted by molar-refractivity contribution is 0.322. The van der Waals surface area contributed by atoms with Gasteiger partial charge in [-0.25, -0.2) is 0 Å². The van der Waals surface area contributed by atoms with Crippen LogP contribution >= 0.6 is 0 Å². The summed E-state index contributed by atoms with van der Waals surface area (Å²) in [7, 11) is 0. The third-order valence-electron chi connectivity index (χ3n) is 6.64. The lowest BCUT2D eigenvalue weighted by atomic mass is 9.89. The van der Waals surface area contributed by atoms with Gasteiger partial charge < -0.3 is 4.57 Å². The quantitative estimate of drug-likeness (QED) is 0.362. The number of nitriles is 1. The highest BCUT2D eigenvalue weighted by Crippen LogP contribution is 2.38. The first-order valence-electron chi connectivity index (χ1n) is 11.3. The van der Waals surface area contributed by atoms with Gasteiger partial charge in [0, 0.05) is 29.3 Å². The zero-order chi connectivity index (χ0) is 21.2. The van der Waals surface area contributed by atoms with Crippen LogP contribution in [0.15, 0.2) is 67.0 Å². The van der Waals surface area contributed by atoms with Crippen molar-refractivity contribution in [2.24, 2.45) is 5.92 Å². The fourth-order valence-electron chi connectivity index (χ4n) is 4.90. The van der Waals surface area contributed by atoms with Crippen molar-refractivity contribution in [3.63, 3.8) is 0 Å².